The van der Waals surface area contributed by atoms with E-state index in [-0.39, 0.29) is 34.9 Å². The lowest BCUT2D eigenvalue weighted by Crippen LogP contribution is -2.54. The number of hydrogen-bond acceptors (Lipinski definition) is 5. The fraction of sp³-hybridized carbons (Fsp3) is 0.500. The molecule has 1 fully saturated rings. The molecule has 1 aromatic carbocycles. The number of benzene rings is 1. The minimum atomic E-state index is -2.80. The SMILES string of the molecule is C=S1(=O)C[C@@](C)(c2cc(CC(=O)C3(C#N)CC3)cc(F)c2F)N=C(N)C1(C)C. The van der Waals surface area contributed by atoms with Crippen molar-refractivity contribution in [3.63, 3.8) is 0 Å². The van der Waals surface area contributed by atoms with Crippen LogP contribution in [0.25, 0.3) is 0 Å². The molecule has 3 rings (SSSR count). The number of halogens is 2. The lowest BCUT2D eigenvalue weighted by molar-refractivity contribution is -0.121. The van der Waals surface area contributed by atoms with Crippen LogP contribution in [-0.4, -0.2) is 32.2 Å². The Morgan fingerprint density at radius 1 is 1.36 bits per heavy atom. The van der Waals surface area contributed by atoms with Gasteiger partial charge < -0.3 is 5.73 Å². The summed E-state index contributed by atoms with van der Waals surface area (Å²) < 4.78 is 41.2. The van der Waals surface area contributed by atoms with Gasteiger partial charge >= 0.3 is 0 Å². The third-order valence-electron chi connectivity index (χ3n) is 5.96. The van der Waals surface area contributed by atoms with Crippen molar-refractivity contribution in [3.05, 3.63) is 34.9 Å². The Kier molecular flexibility index (Phi) is 4.47. The van der Waals surface area contributed by atoms with E-state index < -0.39 is 36.9 Å². The molecule has 0 aromatic heterocycles. The van der Waals surface area contributed by atoms with Gasteiger partial charge in [0.25, 0.3) is 0 Å². The smallest absolute Gasteiger partial charge is 0.164 e. The normalized spacial score (nSPS) is 30.2. The molecule has 1 aliphatic heterocycles. The van der Waals surface area contributed by atoms with Crippen molar-refractivity contribution in [3.8, 4) is 6.07 Å². The quantitative estimate of drug-likeness (QED) is 0.776. The molecular weight excluding hydrogens is 384 g/mol. The molecule has 1 aliphatic carbocycles. The van der Waals surface area contributed by atoms with Crippen LogP contribution in [-0.2, 0) is 26.3 Å². The van der Waals surface area contributed by atoms with E-state index in [1.165, 1.54) is 13.0 Å². The Labute approximate surface area is 163 Å². The number of nitriles is 1. The second-order valence-electron chi connectivity index (χ2n) is 8.47. The summed E-state index contributed by atoms with van der Waals surface area (Å²) >= 11 is 0. The van der Waals surface area contributed by atoms with Gasteiger partial charge in [-0.15, -0.1) is 0 Å². The average Bonchev–Trinajstić information content (AvgIpc) is 3.37. The molecule has 5 nitrogen and oxygen atoms in total. The maximum Gasteiger partial charge on any atom is 0.164 e. The van der Waals surface area contributed by atoms with E-state index in [2.05, 4.69) is 10.9 Å². The highest BCUT2D eigenvalue weighted by Gasteiger charge is 2.50. The molecule has 0 amide bonds. The van der Waals surface area contributed by atoms with Gasteiger partial charge in [0.05, 0.1) is 16.4 Å². The number of ketones is 1. The number of rotatable bonds is 4. The molecule has 1 saturated carbocycles. The standard InChI is InChI=1S/C20H23F2N3O2S/c1-18(2)17(24)25-19(3,11-28(18,4)27)13-7-12(8-14(21)16(13)22)9-15(26)20(10-23)5-6-20/h7-8H,4-6,9,11H2,1-3H3,(H2,24,25)/t19-,28?/m0/s1. The molecule has 2 aliphatic rings. The van der Waals surface area contributed by atoms with E-state index in [9.17, 15) is 17.8 Å². The maximum absolute atomic E-state index is 14.7. The summed E-state index contributed by atoms with van der Waals surface area (Å²) in [7, 11) is -2.80. The summed E-state index contributed by atoms with van der Waals surface area (Å²) in [4.78, 5) is 16.8. The molecule has 2 atom stereocenters. The topological polar surface area (TPSA) is 96.3 Å². The van der Waals surface area contributed by atoms with Gasteiger partial charge in [-0.25, -0.2) is 8.78 Å². The summed E-state index contributed by atoms with van der Waals surface area (Å²) in [5, 5.41) is 9.16. The van der Waals surface area contributed by atoms with Crippen LogP contribution in [0.15, 0.2) is 17.1 Å². The third kappa shape index (κ3) is 3.02. The first-order valence-corrected chi connectivity index (χ1v) is 10.8. The lowest BCUT2D eigenvalue weighted by Gasteiger charge is -2.41. The summed E-state index contributed by atoms with van der Waals surface area (Å²) in [6, 6.07) is 4.32. The number of aliphatic imine (C=N–C) groups is 1. The average molecular weight is 407 g/mol. The second kappa shape index (κ2) is 6.11. The van der Waals surface area contributed by atoms with Crippen LogP contribution in [0.5, 0.6) is 0 Å². The second-order valence-corrected chi connectivity index (χ2v) is 11.4. The molecule has 150 valence electrons. The summed E-state index contributed by atoms with van der Waals surface area (Å²) in [6.07, 6.45) is 0.782. The first-order valence-electron chi connectivity index (χ1n) is 8.91. The summed E-state index contributed by atoms with van der Waals surface area (Å²) in [5.41, 5.74) is 3.76. The first kappa shape index (κ1) is 20.5. The minimum Gasteiger partial charge on any atom is -0.386 e. The highest BCUT2D eigenvalue weighted by atomic mass is 32.2. The van der Waals surface area contributed by atoms with Gasteiger partial charge in [-0.2, -0.15) is 5.26 Å². The number of carbonyl (C=O) groups excluding carboxylic acids is 1. The van der Waals surface area contributed by atoms with Crippen LogP contribution in [0.1, 0.15) is 44.7 Å². The minimum absolute atomic E-state index is 0.0592. The van der Waals surface area contributed by atoms with Crippen molar-refractivity contribution in [2.45, 2.75) is 50.3 Å². The van der Waals surface area contributed by atoms with Crippen molar-refractivity contribution < 1.29 is 17.8 Å². The van der Waals surface area contributed by atoms with E-state index >= 15 is 0 Å². The molecule has 1 heterocycles. The van der Waals surface area contributed by atoms with Gasteiger partial charge in [0.1, 0.15) is 11.3 Å². The fourth-order valence-electron chi connectivity index (χ4n) is 3.47. The van der Waals surface area contributed by atoms with Crippen molar-refractivity contribution in [2.24, 2.45) is 16.1 Å². The number of hydrogen-bond donors (Lipinski definition) is 1. The van der Waals surface area contributed by atoms with E-state index in [1.807, 2.05) is 6.07 Å². The number of amidine groups is 1. The van der Waals surface area contributed by atoms with Gasteiger partial charge in [0.2, 0.25) is 0 Å². The molecule has 28 heavy (non-hydrogen) atoms. The summed E-state index contributed by atoms with van der Waals surface area (Å²) in [5.74, 6) is 1.18. The van der Waals surface area contributed by atoms with Crippen molar-refractivity contribution >= 4 is 27.0 Å². The van der Waals surface area contributed by atoms with Crippen LogP contribution in [0.4, 0.5) is 8.78 Å². The van der Waals surface area contributed by atoms with Gasteiger partial charge in [0, 0.05) is 17.7 Å². The predicted molar refractivity (Wildman–Crippen MR) is 106 cm³/mol. The monoisotopic (exact) mass is 407 g/mol. The van der Waals surface area contributed by atoms with Crippen LogP contribution >= 0.6 is 0 Å². The van der Waals surface area contributed by atoms with Crippen LogP contribution in [0, 0.1) is 28.4 Å². The molecule has 1 unspecified atom stereocenters. The molecule has 0 saturated heterocycles. The molecule has 8 heteroatoms. The van der Waals surface area contributed by atoms with Gasteiger partial charge in [-0.1, -0.05) is 0 Å². The number of nitrogens with two attached hydrogens (primary N) is 1. The molecular formula is C20H23F2N3O2S. The van der Waals surface area contributed by atoms with Crippen LogP contribution in [0.3, 0.4) is 0 Å². The van der Waals surface area contributed by atoms with E-state index in [0.717, 1.165) is 6.07 Å². The van der Waals surface area contributed by atoms with E-state index in [4.69, 9.17) is 11.0 Å². The van der Waals surface area contributed by atoms with Gasteiger partial charge in [-0.05, 0) is 66.7 Å². The van der Waals surface area contributed by atoms with Crippen molar-refractivity contribution in [1.29, 1.82) is 5.26 Å². The molecule has 0 bridgehead atoms. The zero-order valence-corrected chi connectivity index (χ0v) is 17.0. The van der Waals surface area contributed by atoms with E-state index in [1.54, 1.807) is 13.8 Å². The highest BCUT2D eigenvalue weighted by Crippen LogP contribution is 2.46. The maximum atomic E-state index is 14.7. The van der Waals surface area contributed by atoms with Crippen molar-refractivity contribution in [1.82, 2.24) is 0 Å². The molecule has 1 aromatic rings. The number of Topliss-reactive ketones (excluding diaryl/α,β-unsaturated/α-hetero) is 1. The third-order valence-corrected chi connectivity index (χ3v) is 9.06. The predicted octanol–water partition coefficient (Wildman–Crippen LogP) is 2.46. The Balaban J connectivity index is 2.07. The number of nitrogens with zero attached hydrogens (tertiary/aromatic N) is 2. The van der Waals surface area contributed by atoms with Crippen molar-refractivity contribution in [2.75, 3.05) is 5.75 Å². The molecule has 2 N–H and O–H groups in total. The zero-order chi connectivity index (χ0) is 21.1. The Morgan fingerprint density at radius 2 is 1.96 bits per heavy atom. The molecule has 0 spiro atoms. The Bertz CT molecular complexity index is 1050. The number of carbonyl (C=O) groups is 1. The zero-order valence-electron chi connectivity index (χ0n) is 16.1. The van der Waals surface area contributed by atoms with E-state index in [0.29, 0.717) is 12.8 Å². The van der Waals surface area contributed by atoms with Crippen LogP contribution in [0.2, 0.25) is 0 Å². The van der Waals surface area contributed by atoms with Gasteiger partial charge in [-0.3, -0.25) is 14.0 Å². The van der Waals surface area contributed by atoms with Gasteiger partial charge in [0.15, 0.2) is 17.4 Å². The highest BCUT2D eigenvalue weighted by molar-refractivity contribution is 8.02. The van der Waals surface area contributed by atoms with Crippen LogP contribution < -0.4 is 5.73 Å². The Hall–Kier alpha value is -2.27. The Morgan fingerprint density at radius 3 is 2.46 bits per heavy atom. The first-order chi connectivity index (χ1) is 12.8. The largest absolute Gasteiger partial charge is 0.386 e. The molecule has 0 radical (unpaired) electrons. The fourth-order valence-corrected chi connectivity index (χ4v) is 5.38. The summed E-state index contributed by atoms with van der Waals surface area (Å²) in [6.45, 7) is 4.84. The lowest BCUT2D eigenvalue weighted by atomic mass is 9.89.